The van der Waals surface area contributed by atoms with Gasteiger partial charge in [0.25, 0.3) is 0 Å². The maximum absolute atomic E-state index is 2.33. The first-order valence-electron chi connectivity index (χ1n) is 5.69. The molecule has 1 aromatic rings. The third kappa shape index (κ3) is 5.29. The Morgan fingerprint density at radius 2 is 1.32 bits per heavy atom. The fourth-order valence-corrected chi connectivity index (χ4v) is 2.81. The van der Waals surface area contributed by atoms with Crippen molar-refractivity contribution in [2.24, 2.45) is 0 Å². The van der Waals surface area contributed by atoms with Crippen LogP contribution in [-0.4, -0.2) is 0 Å². The molecular weight excluding hydrogens is 334 g/mol. The van der Waals surface area contributed by atoms with Crippen LogP contribution >= 0.6 is 0 Å². The van der Waals surface area contributed by atoms with E-state index in [-0.39, 0.29) is 40.9 Å². The first-order valence-corrected chi connectivity index (χ1v) is 6.47. The van der Waals surface area contributed by atoms with Gasteiger partial charge in [-0.2, -0.15) is 0 Å². The Hall–Kier alpha value is 0.284. The van der Waals surface area contributed by atoms with Crippen LogP contribution in [0.5, 0.6) is 0 Å². The van der Waals surface area contributed by atoms with Gasteiger partial charge in [-0.05, 0) is 0 Å². The van der Waals surface area contributed by atoms with Gasteiger partial charge in [0.05, 0.1) is 0 Å². The molecule has 102 valence electrons. The molecule has 2 rings (SSSR count). The molecule has 19 heavy (non-hydrogen) atoms. The zero-order chi connectivity index (χ0) is 11.8. The van der Waals surface area contributed by atoms with Crippen molar-refractivity contribution in [3.63, 3.8) is 0 Å². The van der Waals surface area contributed by atoms with Gasteiger partial charge >= 0.3 is 110 Å². The summed E-state index contributed by atoms with van der Waals surface area (Å²) < 4.78 is 0.216. The largest absolute Gasteiger partial charge is 1.00 e. The number of hydrogen-bond donors (Lipinski definition) is 0. The first-order chi connectivity index (χ1) is 7.50. The average Bonchev–Trinajstić information content (AvgIpc) is 2.61. The molecule has 0 heterocycles. The molecule has 0 N–H and O–H groups in total. The minimum Gasteiger partial charge on any atom is -1.00 e. The molecular formula is C15H17Cl3Ti. The molecule has 0 fully saturated rings. The summed E-state index contributed by atoms with van der Waals surface area (Å²) in [6, 6.07) is 4.65. The minimum atomic E-state index is 0. The quantitative estimate of drug-likeness (QED) is 0.468. The molecule has 0 saturated heterocycles. The minimum absolute atomic E-state index is 0. The van der Waals surface area contributed by atoms with E-state index in [4.69, 9.17) is 0 Å². The van der Waals surface area contributed by atoms with Crippen molar-refractivity contribution in [2.45, 2.75) is 30.9 Å². The third-order valence-corrected chi connectivity index (χ3v) is 4.18. The number of allylic oxidation sites excluding steroid dienone is 4. The molecule has 0 spiro atoms. The maximum Gasteiger partial charge on any atom is -1.00 e. The predicted molar refractivity (Wildman–Crippen MR) is 65.3 cm³/mol. The molecule has 1 aliphatic rings. The van der Waals surface area contributed by atoms with Crippen molar-refractivity contribution in [1.29, 1.82) is 0 Å². The molecule has 0 nitrogen and oxygen atoms in total. The summed E-state index contributed by atoms with van der Waals surface area (Å²) in [4.78, 5) is 0. The Labute approximate surface area is 146 Å². The number of aryl methyl sites for hydroxylation is 2. The molecule has 4 heteroatoms. The van der Waals surface area contributed by atoms with E-state index in [1.54, 1.807) is 0 Å². The molecule has 0 saturated carbocycles. The fourth-order valence-electron chi connectivity index (χ4n) is 2.19. The third-order valence-electron chi connectivity index (χ3n) is 3.38. The predicted octanol–water partition coefficient (Wildman–Crippen LogP) is -5.00. The summed E-state index contributed by atoms with van der Waals surface area (Å²) in [6.07, 6.45) is 9.97. The Bertz CT molecular complexity index is 443. The summed E-state index contributed by atoms with van der Waals surface area (Å²) in [5.41, 5.74) is 5.68. The van der Waals surface area contributed by atoms with Gasteiger partial charge < -0.3 is 37.2 Å². The summed E-state index contributed by atoms with van der Waals surface area (Å²) in [7, 11) is 0. The second-order valence-corrected chi connectivity index (χ2v) is 6.24. The van der Waals surface area contributed by atoms with Crippen molar-refractivity contribution < 1.29 is 57.7 Å². The van der Waals surface area contributed by atoms with Gasteiger partial charge in [0.1, 0.15) is 0 Å². The maximum atomic E-state index is 2.33. The van der Waals surface area contributed by atoms with Crippen LogP contribution in [0, 0.1) is 20.8 Å². The van der Waals surface area contributed by atoms with Gasteiger partial charge in [-0.25, -0.2) is 0 Å². The number of benzene rings is 1. The van der Waals surface area contributed by atoms with Crippen molar-refractivity contribution in [3.05, 3.63) is 58.7 Å². The van der Waals surface area contributed by atoms with Crippen LogP contribution in [0.1, 0.15) is 22.3 Å². The van der Waals surface area contributed by atoms with E-state index in [9.17, 15) is 0 Å². The smallest absolute Gasteiger partial charge is 1.00 e. The van der Waals surface area contributed by atoms with Crippen LogP contribution in [0.3, 0.4) is 0 Å². The van der Waals surface area contributed by atoms with Crippen LogP contribution in [0.15, 0.2) is 36.4 Å². The van der Waals surface area contributed by atoms with E-state index in [2.05, 4.69) is 77.6 Å². The molecule has 0 unspecified atom stereocenters. The number of hydrogen-bond acceptors (Lipinski definition) is 0. The summed E-state index contributed by atoms with van der Waals surface area (Å²) in [5.74, 6) is 0. The average molecular weight is 352 g/mol. The van der Waals surface area contributed by atoms with Gasteiger partial charge in [-0.15, -0.1) is 0 Å². The molecule has 0 atom stereocenters. The van der Waals surface area contributed by atoms with Crippen molar-refractivity contribution in [2.75, 3.05) is 0 Å². The molecule has 1 aliphatic carbocycles. The monoisotopic (exact) mass is 350 g/mol. The van der Waals surface area contributed by atoms with Gasteiger partial charge in [-0.3, -0.25) is 0 Å². The SMILES string of the molecule is Cc1cc(C[C]2([Ti+3])C=CC=C2)cc(C)c1C.[Cl-].[Cl-].[Cl-]. The molecule has 0 amide bonds. The van der Waals surface area contributed by atoms with Crippen LogP contribution in [0.25, 0.3) is 0 Å². The van der Waals surface area contributed by atoms with Gasteiger partial charge in [0.15, 0.2) is 0 Å². The second kappa shape index (κ2) is 8.54. The Balaban J connectivity index is 0. The van der Waals surface area contributed by atoms with E-state index in [1.807, 2.05) is 0 Å². The topological polar surface area (TPSA) is 0 Å². The van der Waals surface area contributed by atoms with Crippen LogP contribution in [0.2, 0.25) is 3.72 Å². The second-order valence-electron chi connectivity index (χ2n) is 4.79. The van der Waals surface area contributed by atoms with Gasteiger partial charge in [0.2, 0.25) is 0 Å². The first kappa shape index (κ1) is 21.6. The van der Waals surface area contributed by atoms with Crippen LogP contribution in [0.4, 0.5) is 0 Å². The van der Waals surface area contributed by atoms with Gasteiger partial charge in [0, 0.05) is 0 Å². The summed E-state index contributed by atoms with van der Waals surface area (Å²) in [5, 5.41) is 0. The van der Waals surface area contributed by atoms with E-state index < -0.39 is 0 Å². The molecule has 0 aromatic heterocycles. The van der Waals surface area contributed by atoms with Gasteiger partial charge in [-0.1, -0.05) is 0 Å². The van der Waals surface area contributed by atoms with Crippen molar-refractivity contribution in [3.8, 4) is 0 Å². The van der Waals surface area contributed by atoms with E-state index in [1.165, 1.54) is 22.3 Å². The standard InChI is InChI=1S/C15H17.3ClH.Ti/c1-11-8-15(9-12(2)13(11)3)10-14-6-4-5-7-14;;;;/h4-9H,10H2,1-3H3;3*1H;/q;;;;+3/p-3. The molecule has 0 aliphatic heterocycles. The zero-order valence-corrected chi connectivity index (χ0v) is 15.1. The van der Waals surface area contributed by atoms with Crippen molar-refractivity contribution >= 4 is 0 Å². The van der Waals surface area contributed by atoms with E-state index >= 15 is 0 Å². The number of halogens is 3. The summed E-state index contributed by atoms with van der Waals surface area (Å²) in [6.45, 7) is 6.61. The van der Waals surface area contributed by atoms with Crippen molar-refractivity contribution in [1.82, 2.24) is 0 Å². The van der Waals surface area contributed by atoms with Crippen LogP contribution in [-0.2, 0) is 26.9 Å². The molecule has 1 aromatic carbocycles. The Kier molecular flexibility index (Phi) is 9.70. The Morgan fingerprint density at radius 1 is 0.895 bits per heavy atom. The summed E-state index contributed by atoms with van der Waals surface area (Å²) >= 11 is 2.29. The Morgan fingerprint density at radius 3 is 1.74 bits per heavy atom. The van der Waals surface area contributed by atoms with Crippen LogP contribution < -0.4 is 37.2 Å². The fraction of sp³-hybridized carbons (Fsp3) is 0.333. The van der Waals surface area contributed by atoms with E-state index in [0.717, 1.165) is 6.42 Å². The molecule has 0 bridgehead atoms. The zero-order valence-electron chi connectivity index (χ0n) is 11.3. The number of rotatable bonds is 2. The van der Waals surface area contributed by atoms with E-state index in [0.29, 0.717) is 0 Å². The normalized spacial score (nSPS) is 14.4. The molecule has 0 radical (unpaired) electrons.